The Hall–Kier alpha value is -1.05. The van der Waals surface area contributed by atoms with Crippen molar-refractivity contribution in [1.82, 2.24) is 0 Å². The van der Waals surface area contributed by atoms with Gasteiger partial charge in [-0.15, -0.1) is 0 Å². The van der Waals surface area contributed by atoms with Gasteiger partial charge < -0.3 is 9.47 Å². The van der Waals surface area contributed by atoms with Crippen molar-refractivity contribution >= 4 is 15.9 Å². The highest BCUT2D eigenvalue weighted by molar-refractivity contribution is 9.10. The van der Waals surface area contributed by atoms with Crippen LogP contribution in [-0.2, 0) is 4.74 Å². The fourth-order valence-electron chi connectivity index (χ4n) is 1.80. The van der Waals surface area contributed by atoms with Gasteiger partial charge in [0.1, 0.15) is 5.75 Å². The second kappa shape index (κ2) is 6.04. The fraction of sp³-hybridized carbons (Fsp3) is 0.462. The number of nitrogens with zero attached hydrogens (tertiary/aromatic N) is 1. The molecule has 0 radical (unpaired) electrons. The van der Waals surface area contributed by atoms with Crippen LogP contribution < -0.4 is 4.74 Å². The number of benzene rings is 1. The van der Waals surface area contributed by atoms with Crippen LogP contribution in [0, 0.1) is 17.2 Å². The molecule has 2 rings (SSSR count). The molecular formula is C13H14BrNO2. The smallest absolute Gasteiger partial charge is 0.134 e. The van der Waals surface area contributed by atoms with Gasteiger partial charge in [-0.05, 0) is 52.9 Å². The molecule has 1 fully saturated rings. The summed E-state index contributed by atoms with van der Waals surface area (Å²) in [6.45, 7) is 2.34. The maximum atomic E-state index is 8.83. The van der Waals surface area contributed by atoms with Crippen molar-refractivity contribution in [3.8, 4) is 11.8 Å². The molecule has 0 spiro atoms. The Morgan fingerprint density at radius 1 is 1.41 bits per heavy atom. The molecule has 0 amide bonds. The van der Waals surface area contributed by atoms with Crippen LogP contribution in [-0.4, -0.2) is 19.8 Å². The van der Waals surface area contributed by atoms with E-state index in [2.05, 4.69) is 22.0 Å². The van der Waals surface area contributed by atoms with Crippen LogP contribution in [0.3, 0.4) is 0 Å². The third-order valence-electron chi connectivity index (χ3n) is 2.88. The summed E-state index contributed by atoms with van der Waals surface area (Å²) in [4.78, 5) is 0. The Balaban J connectivity index is 1.95. The molecule has 0 bridgehead atoms. The second-order valence-corrected chi connectivity index (χ2v) is 4.98. The zero-order valence-corrected chi connectivity index (χ0v) is 11.1. The van der Waals surface area contributed by atoms with Gasteiger partial charge >= 0.3 is 0 Å². The summed E-state index contributed by atoms with van der Waals surface area (Å²) < 4.78 is 12.0. The van der Waals surface area contributed by atoms with Crippen molar-refractivity contribution in [2.45, 2.75) is 12.8 Å². The Labute approximate surface area is 109 Å². The molecule has 1 aromatic carbocycles. The molecule has 0 saturated carbocycles. The number of rotatable bonds is 3. The monoisotopic (exact) mass is 295 g/mol. The molecule has 1 heterocycles. The first-order valence-electron chi connectivity index (χ1n) is 5.70. The molecule has 1 aliphatic rings. The maximum absolute atomic E-state index is 8.83. The predicted octanol–water partition coefficient (Wildman–Crippen LogP) is 3.13. The van der Waals surface area contributed by atoms with Gasteiger partial charge in [-0.2, -0.15) is 5.26 Å². The second-order valence-electron chi connectivity index (χ2n) is 4.12. The molecular weight excluding hydrogens is 282 g/mol. The van der Waals surface area contributed by atoms with Crippen LogP contribution in [0.5, 0.6) is 5.75 Å². The molecule has 0 aliphatic carbocycles. The van der Waals surface area contributed by atoms with E-state index in [0.29, 0.717) is 18.1 Å². The standard InChI is InChI=1S/C13H14BrNO2/c14-12-2-1-11(8-15)7-13(12)17-9-10-3-5-16-6-4-10/h1-2,7,10H,3-6,9H2. The number of halogens is 1. The summed E-state index contributed by atoms with van der Waals surface area (Å²) >= 11 is 3.43. The van der Waals surface area contributed by atoms with Gasteiger partial charge in [0.05, 0.1) is 22.7 Å². The van der Waals surface area contributed by atoms with E-state index in [9.17, 15) is 0 Å². The van der Waals surface area contributed by atoms with Crippen LogP contribution in [0.4, 0.5) is 0 Å². The Bertz CT molecular complexity index is 422. The first-order valence-corrected chi connectivity index (χ1v) is 6.49. The van der Waals surface area contributed by atoms with Gasteiger partial charge in [0.15, 0.2) is 0 Å². The van der Waals surface area contributed by atoms with Crippen molar-refractivity contribution in [2.75, 3.05) is 19.8 Å². The number of hydrogen-bond acceptors (Lipinski definition) is 3. The van der Waals surface area contributed by atoms with Gasteiger partial charge in [-0.25, -0.2) is 0 Å². The van der Waals surface area contributed by atoms with E-state index < -0.39 is 0 Å². The average Bonchev–Trinajstić information content (AvgIpc) is 2.39. The topological polar surface area (TPSA) is 42.2 Å². The van der Waals surface area contributed by atoms with Gasteiger partial charge in [0, 0.05) is 13.2 Å². The lowest BCUT2D eigenvalue weighted by atomic mass is 10.0. The number of hydrogen-bond donors (Lipinski definition) is 0. The van der Waals surface area contributed by atoms with E-state index >= 15 is 0 Å². The van der Waals surface area contributed by atoms with Crippen molar-refractivity contribution in [2.24, 2.45) is 5.92 Å². The minimum Gasteiger partial charge on any atom is -0.492 e. The first kappa shape index (κ1) is 12.4. The largest absolute Gasteiger partial charge is 0.492 e. The molecule has 0 atom stereocenters. The van der Waals surface area contributed by atoms with Crippen molar-refractivity contribution in [3.63, 3.8) is 0 Å². The molecule has 1 saturated heterocycles. The first-order chi connectivity index (χ1) is 8.29. The van der Waals surface area contributed by atoms with Crippen LogP contribution in [0.25, 0.3) is 0 Å². The fourth-order valence-corrected chi connectivity index (χ4v) is 2.17. The van der Waals surface area contributed by atoms with Crippen LogP contribution in [0.2, 0.25) is 0 Å². The van der Waals surface area contributed by atoms with Crippen molar-refractivity contribution < 1.29 is 9.47 Å². The van der Waals surface area contributed by atoms with E-state index in [1.165, 1.54) is 0 Å². The van der Waals surface area contributed by atoms with Gasteiger partial charge in [-0.3, -0.25) is 0 Å². The average molecular weight is 296 g/mol. The summed E-state index contributed by atoms with van der Waals surface area (Å²) in [5.41, 5.74) is 0.621. The Kier molecular flexibility index (Phi) is 4.41. The summed E-state index contributed by atoms with van der Waals surface area (Å²) in [5, 5.41) is 8.83. The van der Waals surface area contributed by atoms with Gasteiger partial charge in [0.25, 0.3) is 0 Å². The van der Waals surface area contributed by atoms with E-state index in [0.717, 1.165) is 36.3 Å². The minimum absolute atomic E-state index is 0.557. The molecule has 17 heavy (non-hydrogen) atoms. The quantitative estimate of drug-likeness (QED) is 0.860. The van der Waals surface area contributed by atoms with E-state index in [1.54, 1.807) is 12.1 Å². The van der Waals surface area contributed by atoms with Crippen LogP contribution in [0.15, 0.2) is 22.7 Å². The molecule has 0 N–H and O–H groups in total. The van der Waals surface area contributed by atoms with Gasteiger partial charge in [-0.1, -0.05) is 0 Å². The SMILES string of the molecule is N#Cc1ccc(Br)c(OCC2CCOCC2)c1. The minimum atomic E-state index is 0.557. The maximum Gasteiger partial charge on any atom is 0.134 e. The van der Waals surface area contributed by atoms with Crippen molar-refractivity contribution in [1.29, 1.82) is 5.26 Å². The predicted molar refractivity (Wildman–Crippen MR) is 67.9 cm³/mol. The van der Waals surface area contributed by atoms with E-state index in [4.69, 9.17) is 14.7 Å². The zero-order valence-electron chi connectivity index (χ0n) is 9.49. The highest BCUT2D eigenvalue weighted by Gasteiger charge is 2.15. The Morgan fingerprint density at radius 2 is 2.18 bits per heavy atom. The van der Waals surface area contributed by atoms with Crippen LogP contribution in [0.1, 0.15) is 18.4 Å². The highest BCUT2D eigenvalue weighted by Crippen LogP contribution is 2.27. The van der Waals surface area contributed by atoms with Crippen LogP contribution >= 0.6 is 15.9 Å². The molecule has 0 unspecified atom stereocenters. The lowest BCUT2D eigenvalue weighted by molar-refractivity contribution is 0.0496. The molecule has 4 heteroatoms. The highest BCUT2D eigenvalue weighted by atomic mass is 79.9. The summed E-state index contributed by atoms with van der Waals surface area (Å²) in [6.07, 6.45) is 2.10. The third-order valence-corrected chi connectivity index (χ3v) is 3.53. The van der Waals surface area contributed by atoms with E-state index in [1.807, 2.05) is 6.07 Å². The molecule has 3 nitrogen and oxygen atoms in total. The summed E-state index contributed by atoms with van der Waals surface area (Å²) in [5.74, 6) is 1.30. The van der Waals surface area contributed by atoms with Gasteiger partial charge in [0.2, 0.25) is 0 Å². The lowest BCUT2D eigenvalue weighted by Gasteiger charge is -2.22. The normalized spacial score (nSPS) is 16.5. The number of nitriles is 1. The van der Waals surface area contributed by atoms with E-state index in [-0.39, 0.29) is 0 Å². The summed E-state index contributed by atoms with van der Waals surface area (Å²) in [6, 6.07) is 7.49. The molecule has 0 aromatic heterocycles. The molecule has 90 valence electrons. The summed E-state index contributed by atoms with van der Waals surface area (Å²) in [7, 11) is 0. The molecule has 1 aromatic rings. The number of ether oxygens (including phenoxy) is 2. The third kappa shape index (κ3) is 3.45. The van der Waals surface area contributed by atoms with Crippen molar-refractivity contribution in [3.05, 3.63) is 28.2 Å². The lowest BCUT2D eigenvalue weighted by Crippen LogP contribution is -2.21. The Morgan fingerprint density at radius 3 is 2.88 bits per heavy atom. The zero-order chi connectivity index (χ0) is 12.1. The molecule has 1 aliphatic heterocycles.